The Labute approximate surface area is 93.7 Å². The Morgan fingerprint density at radius 1 is 1.44 bits per heavy atom. The van der Waals surface area contributed by atoms with Gasteiger partial charge < -0.3 is 10.3 Å². The van der Waals surface area contributed by atoms with E-state index in [1.165, 1.54) is 0 Å². The van der Waals surface area contributed by atoms with Gasteiger partial charge in [-0.15, -0.1) is 0 Å². The Balaban J connectivity index is 2.77. The zero-order chi connectivity index (χ0) is 12.3. The fourth-order valence-corrected chi connectivity index (χ4v) is 2.76. The van der Waals surface area contributed by atoms with Crippen molar-refractivity contribution < 1.29 is 17.7 Å². The average Bonchev–Trinajstić information content (AvgIpc) is 2.46. The van der Waals surface area contributed by atoms with E-state index < -0.39 is 15.7 Å². The summed E-state index contributed by atoms with van der Waals surface area (Å²) in [5, 5.41) is 3.66. The van der Waals surface area contributed by atoms with Crippen molar-refractivity contribution in [3.05, 3.63) is 17.0 Å². The van der Waals surface area contributed by atoms with Crippen LogP contribution in [0, 0.1) is 13.8 Å². The SMILES string of the molecule is Cc1noc(C)c1CS(=O)(=O)CCC(N)=O. The summed E-state index contributed by atoms with van der Waals surface area (Å²) in [5.41, 5.74) is 6.01. The first-order chi connectivity index (χ1) is 7.32. The topological polar surface area (TPSA) is 103 Å². The fraction of sp³-hybridized carbons (Fsp3) is 0.556. The minimum atomic E-state index is -3.35. The van der Waals surface area contributed by atoms with E-state index in [2.05, 4.69) is 5.16 Å². The summed E-state index contributed by atoms with van der Waals surface area (Å²) in [7, 11) is -3.35. The number of amides is 1. The molecule has 1 heterocycles. The second kappa shape index (κ2) is 4.65. The summed E-state index contributed by atoms with van der Waals surface area (Å²) in [6, 6.07) is 0. The van der Waals surface area contributed by atoms with Gasteiger partial charge in [0.2, 0.25) is 5.91 Å². The quantitative estimate of drug-likeness (QED) is 0.792. The first-order valence-corrected chi connectivity index (χ1v) is 6.54. The van der Waals surface area contributed by atoms with Gasteiger partial charge in [-0.2, -0.15) is 0 Å². The Hall–Kier alpha value is -1.37. The maximum Gasteiger partial charge on any atom is 0.218 e. The number of carbonyl (C=O) groups is 1. The minimum absolute atomic E-state index is 0.161. The highest BCUT2D eigenvalue weighted by atomic mass is 32.2. The molecule has 0 saturated heterocycles. The van der Waals surface area contributed by atoms with Crippen molar-refractivity contribution in [3.8, 4) is 0 Å². The van der Waals surface area contributed by atoms with Gasteiger partial charge in [0.1, 0.15) is 5.76 Å². The van der Waals surface area contributed by atoms with E-state index in [1.54, 1.807) is 13.8 Å². The van der Waals surface area contributed by atoms with Crippen LogP contribution in [0.1, 0.15) is 23.4 Å². The number of rotatable bonds is 5. The van der Waals surface area contributed by atoms with Crippen LogP contribution in [0.15, 0.2) is 4.52 Å². The number of aromatic nitrogens is 1. The van der Waals surface area contributed by atoms with Crippen molar-refractivity contribution >= 4 is 15.7 Å². The highest BCUT2D eigenvalue weighted by Crippen LogP contribution is 2.16. The van der Waals surface area contributed by atoms with Gasteiger partial charge in [0.25, 0.3) is 0 Å². The summed E-state index contributed by atoms with van der Waals surface area (Å²) in [4.78, 5) is 10.5. The van der Waals surface area contributed by atoms with Crippen molar-refractivity contribution in [1.29, 1.82) is 0 Å². The van der Waals surface area contributed by atoms with E-state index in [1.807, 2.05) is 0 Å². The molecule has 0 saturated carbocycles. The molecule has 6 nitrogen and oxygen atoms in total. The monoisotopic (exact) mass is 246 g/mol. The summed E-state index contributed by atoms with van der Waals surface area (Å²) >= 11 is 0. The molecule has 0 spiro atoms. The van der Waals surface area contributed by atoms with Crippen molar-refractivity contribution in [3.63, 3.8) is 0 Å². The maximum absolute atomic E-state index is 11.6. The van der Waals surface area contributed by atoms with E-state index >= 15 is 0 Å². The molecule has 0 radical (unpaired) electrons. The lowest BCUT2D eigenvalue weighted by Gasteiger charge is -2.02. The van der Waals surface area contributed by atoms with Crippen LogP contribution in [-0.2, 0) is 20.4 Å². The zero-order valence-corrected chi connectivity index (χ0v) is 10.0. The van der Waals surface area contributed by atoms with Gasteiger partial charge in [0, 0.05) is 12.0 Å². The minimum Gasteiger partial charge on any atom is -0.370 e. The molecule has 0 atom stereocenters. The number of primary amides is 1. The number of aryl methyl sites for hydroxylation is 2. The number of hydrogen-bond donors (Lipinski definition) is 1. The Morgan fingerprint density at radius 2 is 2.06 bits per heavy atom. The lowest BCUT2D eigenvalue weighted by molar-refractivity contribution is -0.117. The van der Waals surface area contributed by atoms with Crippen LogP contribution in [0.4, 0.5) is 0 Å². The highest BCUT2D eigenvalue weighted by Gasteiger charge is 2.19. The van der Waals surface area contributed by atoms with Gasteiger partial charge in [-0.1, -0.05) is 5.16 Å². The molecule has 0 aliphatic heterocycles. The Morgan fingerprint density at radius 3 is 2.50 bits per heavy atom. The molecule has 0 aliphatic carbocycles. The second-order valence-corrected chi connectivity index (χ2v) is 5.80. The summed E-state index contributed by atoms with van der Waals surface area (Å²) < 4.78 is 28.1. The van der Waals surface area contributed by atoms with Crippen LogP contribution in [0.25, 0.3) is 0 Å². The number of sulfone groups is 1. The first kappa shape index (κ1) is 12.7. The molecule has 0 fully saturated rings. The third-order valence-electron chi connectivity index (χ3n) is 2.20. The zero-order valence-electron chi connectivity index (χ0n) is 9.19. The molecule has 1 amide bonds. The van der Waals surface area contributed by atoms with Gasteiger partial charge >= 0.3 is 0 Å². The number of hydrogen-bond acceptors (Lipinski definition) is 5. The molecule has 7 heteroatoms. The third kappa shape index (κ3) is 3.34. The molecule has 0 aliphatic rings. The maximum atomic E-state index is 11.6. The van der Waals surface area contributed by atoms with Crippen LogP contribution in [-0.4, -0.2) is 25.2 Å². The Kier molecular flexibility index (Phi) is 3.69. The van der Waals surface area contributed by atoms with Gasteiger partial charge in [0.05, 0.1) is 17.2 Å². The van der Waals surface area contributed by atoms with E-state index in [-0.39, 0.29) is 17.9 Å². The molecule has 1 aromatic rings. The standard InChI is InChI=1S/C9H14N2O4S/c1-6-8(7(2)15-11-6)5-16(13,14)4-3-9(10)12/h3-5H2,1-2H3,(H2,10,12). The molecule has 90 valence electrons. The van der Waals surface area contributed by atoms with Gasteiger partial charge in [0.15, 0.2) is 9.84 Å². The largest absolute Gasteiger partial charge is 0.370 e. The average molecular weight is 246 g/mol. The summed E-state index contributed by atoms with van der Waals surface area (Å²) in [6.45, 7) is 3.33. The highest BCUT2D eigenvalue weighted by molar-refractivity contribution is 7.90. The molecular formula is C9H14N2O4S. The van der Waals surface area contributed by atoms with E-state index in [9.17, 15) is 13.2 Å². The van der Waals surface area contributed by atoms with E-state index in [0.717, 1.165) is 0 Å². The molecular weight excluding hydrogens is 232 g/mol. The van der Waals surface area contributed by atoms with Crippen LogP contribution in [0.2, 0.25) is 0 Å². The molecule has 16 heavy (non-hydrogen) atoms. The van der Waals surface area contributed by atoms with E-state index in [4.69, 9.17) is 10.3 Å². The normalized spacial score (nSPS) is 11.6. The molecule has 0 bridgehead atoms. The first-order valence-electron chi connectivity index (χ1n) is 4.72. The molecule has 0 unspecified atom stereocenters. The molecule has 1 aromatic heterocycles. The fourth-order valence-electron chi connectivity index (χ4n) is 1.26. The molecule has 2 N–H and O–H groups in total. The lowest BCUT2D eigenvalue weighted by Crippen LogP contribution is -2.18. The Bertz CT molecular complexity index is 470. The lowest BCUT2D eigenvalue weighted by atomic mass is 10.2. The molecule has 0 aromatic carbocycles. The van der Waals surface area contributed by atoms with Crippen molar-refractivity contribution in [1.82, 2.24) is 5.16 Å². The van der Waals surface area contributed by atoms with Crippen molar-refractivity contribution in [2.45, 2.75) is 26.0 Å². The van der Waals surface area contributed by atoms with Gasteiger partial charge in [-0.3, -0.25) is 4.79 Å². The van der Waals surface area contributed by atoms with Crippen LogP contribution < -0.4 is 5.73 Å². The predicted octanol–water partition coefficient (Wildman–Crippen LogP) is 0.0816. The van der Waals surface area contributed by atoms with Crippen LogP contribution in [0.3, 0.4) is 0 Å². The van der Waals surface area contributed by atoms with Gasteiger partial charge in [-0.25, -0.2) is 8.42 Å². The van der Waals surface area contributed by atoms with Crippen LogP contribution in [0.5, 0.6) is 0 Å². The summed E-state index contributed by atoms with van der Waals surface area (Å²) in [5.74, 6) is -0.545. The third-order valence-corrected chi connectivity index (χ3v) is 3.76. The summed E-state index contributed by atoms with van der Waals surface area (Å²) in [6.07, 6.45) is -0.161. The van der Waals surface area contributed by atoms with Crippen molar-refractivity contribution in [2.75, 3.05) is 5.75 Å². The van der Waals surface area contributed by atoms with E-state index in [0.29, 0.717) is 17.0 Å². The number of nitrogens with zero attached hydrogens (tertiary/aromatic N) is 1. The second-order valence-electron chi connectivity index (χ2n) is 3.61. The number of nitrogens with two attached hydrogens (primary N) is 1. The number of carbonyl (C=O) groups excluding carboxylic acids is 1. The predicted molar refractivity (Wildman–Crippen MR) is 57.3 cm³/mol. The van der Waals surface area contributed by atoms with Crippen molar-refractivity contribution in [2.24, 2.45) is 5.73 Å². The molecule has 1 rings (SSSR count). The smallest absolute Gasteiger partial charge is 0.218 e. The van der Waals surface area contributed by atoms with Gasteiger partial charge in [-0.05, 0) is 13.8 Å². The van der Waals surface area contributed by atoms with Crippen LogP contribution >= 0.6 is 0 Å².